The molecule has 1 saturated heterocycles. The highest BCUT2D eigenvalue weighted by Crippen LogP contribution is 2.31. The fourth-order valence-corrected chi connectivity index (χ4v) is 3.42. The van der Waals surface area contributed by atoms with E-state index in [0.29, 0.717) is 6.42 Å². The fraction of sp³-hybridized carbons (Fsp3) is 0.250. The Morgan fingerprint density at radius 2 is 2.31 bits per heavy atom. The maximum Gasteiger partial charge on any atom is 0.227 e. The Hall–Kier alpha value is -0.360. The molecule has 1 aliphatic heterocycles. The summed E-state index contributed by atoms with van der Waals surface area (Å²) in [7, 11) is 0. The van der Waals surface area contributed by atoms with Crippen molar-refractivity contribution in [1.82, 2.24) is 0 Å². The van der Waals surface area contributed by atoms with Crippen LogP contribution in [0.5, 0.6) is 0 Å². The second-order valence-corrected chi connectivity index (χ2v) is 5.88. The molecule has 0 aromatic heterocycles. The van der Waals surface area contributed by atoms with E-state index in [-0.39, 0.29) is 11.8 Å². The van der Waals surface area contributed by atoms with Gasteiger partial charge >= 0.3 is 0 Å². The Labute approximate surface area is 117 Å². The van der Waals surface area contributed by atoms with Crippen LogP contribution in [0.1, 0.15) is 6.42 Å². The predicted octanol–water partition coefficient (Wildman–Crippen LogP) is 3.59. The van der Waals surface area contributed by atoms with E-state index in [1.54, 1.807) is 0 Å². The van der Waals surface area contributed by atoms with Crippen LogP contribution < -0.4 is 4.90 Å². The first-order valence-corrected chi connectivity index (χ1v) is 6.87. The number of hydrogen-bond acceptors (Lipinski definition) is 1. The van der Waals surface area contributed by atoms with E-state index in [1.165, 1.54) is 0 Å². The van der Waals surface area contributed by atoms with Crippen molar-refractivity contribution in [2.75, 3.05) is 11.4 Å². The zero-order chi connectivity index (χ0) is 11.7. The molecule has 0 N–H and O–H groups in total. The van der Waals surface area contributed by atoms with Crippen molar-refractivity contribution >= 4 is 50.1 Å². The lowest BCUT2D eigenvalue weighted by Gasteiger charge is -2.18. The Bertz CT molecular complexity index is 447. The van der Waals surface area contributed by atoms with Gasteiger partial charge in [-0.3, -0.25) is 4.79 Å². The van der Waals surface area contributed by atoms with Gasteiger partial charge < -0.3 is 4.90 Å². The van der Waals surface area contributed by atoms with Gasteiger partial charge in [-0.15, -0.1) is 6.58 Å². The number of hydrogen-bond donors (Lipinski definition) is 0. The molecule has 1 aromatic rings. The van der Waals surface area contributed by atoms with Crippen LogP contribution in [0.2, 0.25) is 0 Å². The third-order valence-electron chi connectivity index (χ3n) is 2.69. The molecule has 1 amide bonds. The van der Waals surface area contributed by atoms with E-state index in [0.717, 1.165) is 20.3 Å². The molecular weight excluding hydrogens is 381 g/mol. The first-order valence-electron chi connectivity index (χ1n) is 5.00. The third kappa shape index (κ3) is 2.32. The molecule has 0 bridgehead atoms. The Morgan fingerprint density at radius 3 is 2.88 bits per heavy atom. The highest BCUT2D eigenvalue weighted by atomic mass is 127. The molecule has 2 rings (SSSR count). The first kappa shape index (κ1) is 12.1. The molecular formula is C12H11BrINO. The molecule has 2 nitrogen and oxygen atoms in total. The Balaban J connectivity index is 2.31. The van der Waals surface area contributed by atoms with Crippen LogP contribution in [-0.2, 0) is 4.79 Å². The number of halogens is 2. The average molecular weight is 392 g/mol. The van der Waals surface area contributed by atoms with Gasteiger partial charge in [-0.2, -0.15) is 0 Å². The lowest BCUT2D eigenvalue weighted by atomic mass is 10.1. The summed E-state index contributed by atoms with van der Waals surface area (Å²) in [6.07, 6.45) is 2.44. The summed E-state index contributed by atoms with van der Waals surface area (Å²) in [5.41, 5.74) is 0.998. The van der Waals surface area contributed by atoms with Gasteiger partial charge in [-0.1, -0.05) is 22.0 Å². The van der Waals surface area contributed by atoms with Crippen molar-refractivity contribution in [1.29, 1.82) is 0 Å². The number of carbonyl (C=O) groups excluding carboxylic acids is 1. The maximum atomic E-state index is 11.8. The molecule has 16 heavy (non-hydrogen) atoms. The summed E-state index contributed by atoms with van der Waals surface area (Å²) in [4.78, 5) is 13.7. The number of benzene rings is 1. The molecule has 4 heteroatoms. The van der Waals surface area contributed by atoms with E-state index in [9.17, 15) is 4.79 Å². The topological polar surface area (TPSA) is 20.3 Å². The highest BCUT2D eigenvalue weighted by Gasteiger charge is 2.29. The van der Waals surface area contributed by atoms with Gasteiger partial charge in [0.15, 0.2) is 0 Å². The summed E-state index contributed by atoms with van der Waals surface area (Å²) >= 11 is 5.68. The molecule has 1 atom stereocenters. The average Bonchev–Trinajstić information content (AvgIpc) is 2.60. The summed E-state index contributed by atoms with van der Waals surface area (Å²) in [6, 6.07) is 5.96. The number of nitrogens with zero attached hydrogens (tertiary/aromatic N) is 1. The lowest BCUT2D eigenvalue weighted by Crippen LogP contribution is -2.25. The van der Waals surface area contributed by atoms with Crippen LogP contribution in [0.3, 0.4) is 0 Å². The van der Waals surface area contributed by atoms with E-state index in [4.69, 9.17) is 0 Å². The van der Waals surface area contributed by atoms with Crippen molar-refractivity contribution in [3.8, 4) is 0 Å². The predicted molar refractivity (Wildman–Crippen MR) is 77.5 cm³/mol. The molecule has 0 spiro atoms. The molecule has 0 saturated carbocycles. The van der Waals surface area contributed by atoms with Crippen molar-refractivity contribution in [3.63, 3.8) is 0 Å². The number of anilines is 1. The third-order valence-corrected chi connectivity index (χ3v) is 4.05. The van der Waals surface area contributed by atoms with Crippen molar-refractivity contribution in [3.05, 3.63) is 38.9 Å². The van der Waals surface area contributed by atoms with Gasteiger partial charge in [-0.25, -0.2) is 0 Å². The van der Waals surface area contributed by atoms with Crippen LogP contribution in [0.15, 0.2) is 35.3 Å². The van der Waals surface area contributed by atoms with Crippen LogP contribution in [0.25, 0.3) is 0 Å². The van der Waals surface area contributed by atoms with E-state index < -0.39 is 0 Å². The summed E-state index contributed by atoms with van der Waals surface area (Å²) in [6.45, 7) is 4.50. The van der Waals surface area contributed by atoms with Crippen LogP contribution in [0.4, 0.5) is 5.69 Å². The molecule has 0 aliphatic carbocycles. The van der Waals surface area contributed by atoms with E-state index in [2.05, 4.69) is 45.1 Å². The monoisotopic (exact) mass is 391 g/mol. The molecule has 1 aromatic carbocycles. The summed E-state index contributed by atoms with van der Waals surface area (Å²) in [5, 5.41) is 0. The summed E-state index contributed by atoms with van der Waals surface area (Å²) < 4.78 is 2.12. The molecule has 1 fully saturated rings. The minimum absolute atomic E-state index is 0.185. The summed E-state index contributed by atoms with van der Waals surface area (Å²) in [5.74, 6) is 0.470. The fourth-order valence-electron chi connectivity index (χ4n) is 1.83. The zero-order valence-electron chi connectivity index (χ0n) is 8.62. The van der Waals surface area contributed by atoms with E-state index in [1.807, 2.05) is 29.2 Å². The maximum absolute atomic E-state index is 11.8. The molecule has 0 radical (unpaired) electrons. The Morgan fingerprint density at radius 1 is 1.56 bits per heavy atom. The Kier molecular flexibility index (Phi) is 3.69. The van der Waals surface area contributed by atoms with Crippen molar-refractivity contribution < 1.29 is 4.79 Å². The number of rotatable bonds is 2. The SMILES string of the molecule is C=CC1CC(=O)N(c2ccc(Br)cc2I)C1. The molecule has 1 unspecified atom stereocenters. The van der Waals surface area contributed by atoms with Crippen LogP contribution in [-0.4, -0.2) is 12.5 Å². The normalized spacial score (nSPS) is 20.2. The smallest absolute Gasteiger partial charge is 0.227 e. The van der Waals surface area contributed by atoms with Gasteiger partial charge in [0.1, 0.15) is 0 Å². The zero-order valence-corrected chi connectivity index (χ0v) is 12.4. The second-order valence-electron chi connectivity index (χ2n) is 3.80. The van der Waals surface area contributed by atoms with Crippen LogP contribution >= 0.6 is 38.5 Å². The molecule has 1 aliphatic rings. The lowest BCUT2D eigenvalue weighted by molar-refractivity contribution is -0.117. The van der Waals surface area contributed by atoms with Gasteiger partial charge in [0.05, 0.1) is 5.69 Å². The number of carbonyl (C=O) groups is 1. The van der Waals surface area contributed by atoms with Gasteiger partial charge in [0.25, 0.3) is 0 Å². The first-order chi connectivity index (χ1) is 7.61. The largest absolute Gasteiger partial charge is 0.311 e. The number of amides is 1. The standard InChI is InChI=1S/C12H11BrINO/c1-2-8-5-12(16)15(7-8)11-4-3-9(13)6-10(11)14/h2-4,6,8H,1,5,7H2. The van der Waals surface area contributed by atoms with Gasteiger partial charge in [-0.05, 0) is 40.8 Å². The quantitative estimate of drug-likeness (QED) is 0.557. The molecule has 1 heterocycles. The van der Waals surface area contributed by atoms with Crippen molar-refractivity contribution in [2.24, 2.45) is 5.92 Å². The minimum atomic E-state index is 0.185. The van der Waals surface area contributed by atoms with E-state index >= 15 is 0 Å². The van der Waals surface area contributed by atoms with Gasteiger partial charge in [0.2, 0.25) is 5.91 Å². The van der Waals surface area contributed by atoms with Crippen LogP contribution in [0, 0.1) is 9.49 Å². The molecule has 84 valence electrons. The van der Waals surface area contributed by atoms with Crippen molar-refractivity contribution in [2.45, 2.75) is 6.42 Å². The van der Waals surface area contributed by atoms with Gasteiger partial charge in [0, 0.05) is 26.9 Å². The second kappa shape index (κ2) is 4.87. The minimum Gasteiger partial charge on any atom is -0.311 e. The highest BCUT2D eigenvalue weighted by molar-refractivity contribution is 14.1.